The number of nitrogens with one attached hydrogen (secondary N) is 1. The van der Waals surface area contributed by atoms with Crippen LogP contribution in [0.5, 0.6) is 0 Å². The van der Waals surface area contributed by atoms with Crippen LogP contribution >= 0.6 is 11.6 Å². The molecule has 0 saturated carbocycles. The summed E-state index contributed by atoms with van der Waals surface area (Å²) in [5.74, 6) is -0.588. The second kappa shape index (κ2) is 7.36. The number of carbonyl (C=O) groups excluding carboxylic acids is 1. The molecule has 0 aliphatic carbocycles. The van der Waals surface area contributed by atoms with Crippen LogP contribution in [0.4, 0.5) is 5.69 Å². The minimum Gasteiger partial charge on any atom is -0.385 e. The van der Waals surface area contributed by atoms with E-state index < -0.39 is 29.9 Å². The molecule has 4 rings (SSSR count). The molecule has 0 spiro atoms. The molecule has 4 atom stereocenters. The van der Waals surface area contributed by atoms with Crippen molar-refractivity contribution >= 4 is 34.2 Å². The van der Waals surface area contributed by atoms with E-state index in [-0.39, 0.29) is 5.15 Å². The first-order valence-electron chi connectivity index (χ1n) is 8.95. The molecule has 3 aromatic rings. The van der Waals surface area contributed by atoms with Gasteiger partial charge < -0.3 is 30.6 Å². The number of amides is 1. The average molecular weight is 418 g/mol. The molecule has 29 heavy (non-hydrogen) atoms. The summed E-state index contributed by atoms with van der Waals surface area (Å²) in [6.45, 7) is 1.68. The van der Waals surface area contributed by atoms with E-state index in [1.165, 1.54) is 17.8 Å². The molecule has 1 aromatic carbocycles. The first-order valence-corrected chi connectivity index (χ1v) is 9.33. The molecule has 1 amide bonds. The van der Waals surface area contributed by atoms with Crippen molar-refractivity contribution in [2.75, 3.05) is 5.32 Å². The van der Waals surface area contributed by atoms with Crippen molar-refractivity contribution < 1.29 is 19.7 Å². The van der Waals surface area contributed by atoms with Crippen molar-refractivity contribution in [3.05, 3.63) is 53.6 Å². The van der Waals surface area contributed by atoms with Gasteiger partial charge in [-0.1, -0.05) is 23.7 Å². The molecule has 3 heterocycles. The van der Waals surface area contributed by atoms with Gasteiger partial charge in [-0.05, 0) is 30.7 Å². The molecule has 1 aliphatic heterocycles. The predicted molar refractivity (Wildman–Crippen MR) is 106 cm³/mol. The summed E-state index contributed by atoms with van der Waals surface area (Å²) in [5, 5.41) is 25.1. The van der Waals surface area contributed by atoms with Crippen molar-refractivity contribution in [2.24, 2.45) is 5.73 Å². The molecule has 1 aliphatic rings. The zero-order valence-corrected chi connectivity index (χ0v) is 16.2. The van der Waals surface area contributed by atoms with E-state index in [4.69, 9.17) is 22.1 Å². The van der Waals surface area contributed by atoms with Crippen molar-refractivity contribution in [1.29, 1.82) is 0 Å². The largest absolute Gasteiger partial charge is 0.385 e. The summed E-state index contributed by atoms with van der Waals surface area (Å²) in [7, 11) is 0. The van der Waals surface area contributed by atoms with Gasteiger partial charge in [-0.3, -0.25) is 4.79 Å². The predicted octanol–water partition coefficient (Wildman–Crippen LogP) is 1.19. The lowest BCUT2D eigenvalue weighted by atomic mass is 9.94. The summed E-state index contributed by atoms with van der Waals surface area (Å²) in [6, 6.07) is 8.70. The van der Waals surface area contributed by atoms with Crippen LogP contribution in [0.15, 0.2) is 42.9 Å². The van der Waals surface area contributed by atoms with E-state index in [0.717, 1.165) is 5.56 Å². The maximum Gasteiger partial charge on any atom is 0.256 e. The highest BCUT2D eigenvalue weighted by molar-refractivity contribution is 6.33. The second-order valence-electron chi connectivity index (χ2n) is 7.10. The van der Waals surface area contributed by atoms with Crippen LogP contribution in [0, 0.1) is 0 Å². The molecule has 0 bridgehead atoms. The first kappa shape index (κ1) is 19.7. The van der Waals surface area contributed by atoms with Crippen LogP contribution in [0.1, 0.15) is 18.7 Å². The minimum atomic E-state index is -1.84. The number of nitrogens with zero attached hydrogens (tertiary/aromatic N) is 3. The number of hydrogen-bond donors (Lipinski definition) is 4. The van der Waals surface area contributed by atoms with Crippen LogP contribution in [0.3, 0.4) is 0 Å². The molecule has 2 aromatic heterocycles. The Morgan fingerprint density at radius 1 is 1.41 bits per heavy atom. The lowest BCUT2D eigenvalue weighted by Crippen LogP contribution is -2.49. The maximum atomic E-state index is 12.8. The number of carbonyl (C=O) groups is 1. The summed E-state index contributed by atoms with van der Waals surface area (Å²) >= 11 is 6.07. The van der Waals surface area contributed by atoms with Gasteiger partial charge in [0.05, 0.1) is 5.39 Å². The summed E-state index contributed by atoms with van der Waals surface area (Å²) < 4.78 is 7.31. The number of halogens is 1. The Morgan fingerprint density at radius 2 is 2.21 bits per heavy atom. The van der Waals surface area contributed by atoms with Crippen LogP contribution in [0.25, 0.3) is 11.0 Å². The van der Waals surface area contributed by atoms with Crippen molar-refractivity contribution in [3.8, 4) is 0 Å². The van der Waals surface area contributed by atoms with Gasteiger partial charge in [0.2, 0.25) is 0 Å². The fourth-order valence-corrected chi connectivity index (χ4v) is 3.66. The number of nitrogens with two attached hydrogens (primary N) is 1. The number of ether oxygens (including phenoxy) is 1. The molecule has 152 valence electrons. The maximum absolute atomic E-state index is 12.8. The Hall–Kier alpha value is -2.56. The Labute approximate surface area is 171 Å². The fraction of sp³-hybridized carbons (Fsp3) is 0.316. The molecule has 10 heteroatoms. The van der Waals surface area contributed by atoms with E-state index in [1.807, 2.05) is 6.07 Å². The third kappa shape index (κ3) is 3.37. The molecule has 1 saturated heterocycles. The van der Waals surface area contributed by atoms with Crippen LogP contribution < -0.4 is 11.1 Å². The number of aromatic nitrogens is 3. The fourth-order valence-electron chi connectivity index (χ4n) is 3.47. The van der Waals surface area contributed by atoms with Gasteiger partial charge in [0.15, 0.2) is 12.3 Å². The van der Waals surface area contributed by atoms with Crippen molar-refractivity contribution in [2.45, 2.75) is 37.5 Å². The standard InChI is InChI=1S/C19H20ClN5O4/c1-19(28)13(26)18(25-6-5-12-15(20)22-9-23-16(12)25)29-14(19)17(27)24-11-4-2-3-10(7-11)8-21/h2-7,9,13-14,18,26,28H,8,21H2,1H3,(H,24,27)/t13-,14?,18?,19-/m0/s1. The van der Waals surface area contributed by atoms with Gasteiger partial charge in [0, 0.05) is 18.4 Å². The SMILES string of the molecule is C[C@@]1(O)C(C(=O)Nc2cccc(CN)c2)OC(n2ccc3c(Cl)ncnc32)[C@@H]1O. The summed E-state index contributed by atoms with van der Waals surface area (Å²) in [6.07, 6.45) is -0.855. The smallest absolute Gasteiger partial charge is 0.256 e. The number of hydrogen-bond acceptors (Lipinski definition) is 7. The molecular weight excluding hydrogens is 398 g/mol. The summed E-state index contributed by atoms with van der Waals surface area (Å²) in [4.78, 5) is 20.9. The lowest BCUT2D eigenvalue weighted by Gasteiger charge is -2.25. The Kier molecular flexibility index (Phi) is 5.01. The molecular formula is C19H20ClN5O4. The van der Waals surface area contributed by atoms with Gasteiger partial charge in [0.1, 0.15) is 28.8 Å². The quantitative estimate of drug-likeness (QED) is 0.468. The molecule has 0 radical (unpaired) electrons. The van der Waals surface area contributed by atoms with E-state index in [9.17, 15) is 15.0 Å². The van der Waals surface area contributed by atoms with Gasteiger partial charge >= 0.3 is 0 Å². The van der Waals surface area contributed by atoms with Gasteiger partial charge in [-0.15, -0.1) is 0 Å². The Balaban J connectivity index is 1.62. The first-order chi connectivity index (χ1) is 13.8. The van der Waals surface area contributed by atoms with Crippen molar-refractivity contribution in [1.82, 2.24) is 14.5 Å². The number of benzene rings is 1. The second-order valence-corrected chi connectivity index (χ2v) is 7.45. The normalized spacial score (nSPS) is 26.7. The summed E-state index contributed by atoms with van der Waals surface area (Å²) in [5.41, 5.74) is 5.56. The molecule has 1 fully saturated rings. The third-order valence-electron chi connectivity index (χ3n) is 5.08. The number of fused-ring (bicyclic) bond motifs is 1. The van der Waals surface area contributed by atoms with Gasteiger partial charge in [-0.2, -0.15) is 0 Å². The molecule has 5 N–H and O–H groups in total. The monoisotopic (exact) mass is 417 g/mol. The number of anilines is 1. The van der Waals surface area contributed by atoms with Crippen LogP contribution in [-0.4, -0.2) is 48.5 Å². The Bertz CT molecular complexity index is 1070. The zero-order chi connectivity index (χ0) is 20.8. The topological polar surface area (TPSA) is 136 Å². The minimum absolute atomic E-state index is 0.252. The lowest BCUT2D eigenvalue weighted by molar-refractivity contribution is -0.137. The third-order valence-corrected chi connectivity index (χ3v) is 5.38. The number of aliphatic hydroxyl groups is 2. The highest BCUT2D eigenvalue weighted by Crippen LogP contribution is 2.39. The van der Waals surface area contributed by atoms with E-state index in [1.54, 1.807) is 30.5 Å². The molecule has 9 nitrogen and oxygen atoms in total. The van der Waals surface area contributed by atoms with Gasteiger partial charge in [-0.25, -0.2) is 9.97 Å². The van der Waals surface area contributed by atoms with Crippen LogP contribution in [-0.2, 0) is 16.1 Å². The van der Waals surface area contributed by atoms with E-state index in [0.29, 0.717) is 23.3 Å². The highest BCUT2D eigenvalue weighted by Gasteiger charge is 2.56. The zero-order valence-electron chi connectivity index (χ0n) is 15.5. The van der Waals surface area contributed by atoms with E-state index in [2.05, 4.69) is 15.3 Å². The Morgan fingerprint density at radius 3 is 2.97 bits per heavy atom. The van der Waals surface area contributed by atoms with Crippen LogP contribution in [0.2, 0.25) is 5.15 Å². The van der Waals surface area contributed by atoms with Gasteiger partial charge in [0.25, 0.3) is 5.91 Å². The molecule has 2 unspecified atom stereocenters. The highest BCUT2D eigenvalue weighted by atomic mass is 35.5. The number of aliphatic hydroxyl groups excluding tert-OH is 1. The number of rotatable bonds is 4. The average Bonchev–Trinajstić information content (AvgIpc) is 3.22. The van der Waals surface area contributed by atoms with Crippen molar-refractivity contribution in [3.63, 3.8) is 0 Å². The van der Waals surface area contributed by atoms with E-state index >= 15 is 0 Å².